The van der Waals surface area contributed by atoms with Crippen molar-refractivity contribution in [2.45, 2.75) is 58.5 Å². The van der Waals surface area contributed by atoms with Crippen LogP contribution in [0.1, 0.15) is 46.2 Å². The molecule has 0 saturated heterocycles. The van der Waals surface area contributed by atoms with Gasteiger partial charge in [-0.25, -0.2) is 8.42 Å². The molecule has 3 rings (SSSR count). The van der Waals surface area contributed by atoms with E-state index in [4.69, 9.17) is 23.2 Å². The van der Waals surface area contributed by atoms with E-state index in [2.05, 4.69) is 52.2 Å². The van der Waals surface area contributed by atoms with Crippen LogP contribution in [0.25, 0.3) is 0 Å². The van der Waals surface area contributed by atoms with Crippen molar-refractivity contribution in [3.05, 3.63) is 98.0 Å². The molecule has 38 heavy (non-hydrogen) atoms. The highest BCUT2D eigenvalue weighted by molar-refractivity contribution is 7.89. The molecule has 0 atom stereocenters. The van der Waals surface area contributed by atoms with E-state index in [9.17, 15) is 8.42 Å². The SMILES string of the molecule is Cc1cc(C)cc(CN(CCCC[N+](C)(C)Cc2cc(C)cc(C)c2)S(=O)(=O)c2cccc(Cl)c2Cl)c1.[Br-]. The molecule has 0 saturated carbocycles. The highest BCUT2D eigenvalue weighted by Crippen LogP contribution is 2.32. The van der Waals surface area contributed by atoms with E-state index in [1.165, 1.54) is 22.8 Å². The lowest BCUT2D eigenvalue weighted by Crippen LogP contribution is -3.00. The summed E-state index contributed by atoms with van der Waals surface area (Å²) < 4.78 is 29.9. The second-order valence-corrected chi connectivity index (χ2v) is 13.6. The number of unbranched alkanes of at least 4 members (excludes halogenated alkanes) is 1. The average Bonchev–Trinajstić information content (AvgIpc) is 2.75. The smallest absolute Gasteiger partial charge is 0.244 e. The molecular formula is C30H39BrCl2N2O2S. The lowest BCUT2D eigenvalue weighted by atomic mass is 10.1. The predicted octanol–water partition coefficient (Wildman–Crippen LogP) is 4.48. The van der Waals surface area contributed by atoms with Gasteiger partial charge >= 0.3 is 0 Å². The maximum absolute atomic E-state index is 13.8. The number of nitrogens with zero attached hydrogens (tertiary/aromatic N) is 2. The number of halogens is 3. The number of sulfonamides is 1. The van der Waals surface area contributed by atoms with Gasteiger partial charge in [-0.2, -0.15) is 4.31 Å². The van der Waals surface area contributed by atoms with Crippen LogP contribution in [0.4, 0.5) is 0 Å². The van der Waals surface area contributed by atoms with Crippen molar-refractivity contribution in [2.75, 3.05) is 27.2 Å². The Bertz CT molecular complexity index is 1320. The van der Waals surface area contributed by atoms with Gasteiger partial charge in [0.25, 0.3) is 0 Å². The Hall–Kier alpha value is -1.41. The number of hydrogen-bond donors (Lipinski definition) is 0. The summed E-state index contributed by atoms with van der Waals surface area (Å²) in [5.41, 5.74) is 7.07. The molecule has 0 aromatic heterocycles. The van der Waals surface area contributed by atoms with Crippen molar-refractivity contribution >= 4 is 33.2 Å². The zero-order valence-electron chi connectivity index (χ0n) is 23.2. The summed E-state index contributed by atoms with van der Waals surface area (Å²) >= 11 is 12.5. The van der Waals surface area contributed by atoms with Crippen LogP contribution in [0.5, 0.6) is 0 Å². The Labute approximate surface area is 250 Å². The molecule has 3 aromatic carbocycles. The standard InChI is InChI=1S/C30H39Cl2N2O2S.BrH/c1-22-14-23(2)17-26(16-22)20-33(37(35,36)29-11-9-10-28(31)30(29)32)12-7-8-13-34(5,6)21-27-18-24(3)15-25(4)19-27;/h9-11,14-19H,7-8,12-13,20-21H2,1-6H3;1H/q+1;/p-1. The monoisotopic (exact) mass is 640 g/mol. The number of rotatable bonds is 11. The lowest BCUT2D eigenvalue weighted by Gasteiger charge is -2.31. The van der Waals surface area contributed by atoms with Crippen LogP contribution >= 0.6 is 23.2 Å². The zero-order valence-corrected chi connectivity index (χ0v) is 27.1. The largest absolute Gasteiger partial charge is 1.00 e. The average molecular weight is 643 g/mol. The summed E-state index contributed by atoms with van der Waals surface area (Å²) in [4.78, 5) is 0.0528. The fourth-order valence-electron chi connectivity index (χ4n) is 5.03. The molecule has 0 bridgehead atoms. The maximum atomic E-state index is 13.8. The van der Waals surface area contributed by atoms with Crippen molar-refractivity contribution in [3.8, 4) is 0 Å². The van der Waals surface area contributed by atoms with E-state index < -0.39 is 10.0 Å². The Morgan fingerprint density at radius 1 is 0.789 bits per heavy atom. The second-order valence-electron chi connectivity index (χ2n) is 10.9. The lowest BCUT2D eigenvalue weighted by molar-refractivity contribution is -0.903. The topological polar surface area (TPSA) is 37.4 Å². The summed E-state index contributed by atoms with van der Waals surface area (Å²) in [6.45, 7) is 10.9. The third-order valence-electron chi connectivity index (χ3n) is 6.49. The van der Waals surface area contributed by atoms with Crippen molar-refractivity contribution in [1.82, 2.24) is 4.31 Å². The Morgan fingerprint density at radius 3 is 1.87 bits per heavy atom. The number of aryl methyl sites for hydroxylation is 4. The van der Waals surface area contributed by atoms with Gasteiger partial charge in [-0.1, -0.05) is 87.9 Å². The van der Waals surface area contributed by atoms with Gasteiger partial charge in [-0.3, -0.25) is 0 Å². The third-order valence-corrected chi connectivity index (χ3v) is 9.31. The fraction of sp³-hybridized carbons (Fsp3) is 0.400. The van der Waals surface area contributed by atoms with E-state index in [0.29, 0.717) is 6.54 Å². The fourth-order valence-corrected chi connectivity index (χ4v) is 7.23. The molecule has 208 valence electrons. The Morgan fingerprint density at radius 2 is 1.32 bits per heavy atom. The van der Waals surface area contributed by atoms with Gasteiger partial charge in [0.15, 0.2) is 0 Å². The number of hydrogen-bond acceptors (Lipinski definition) is 2. The van der Waals surface area contributed by atoms with E-state index >= 15 is 0 Å². The minimum atomic E-state index is -3.84. The molecule has 0 unspecified atom stereocenters. The van der Waals surface area contributed by atoms with Gasteiger partial charge < -0.3 is 21.5 Å². The molecule has 0 aliphatic carbocycles. The van der Waals surface area contributed by atoms with Crippen LogP contribution in [-0.2, 0) is 23.1 Å². The first-order valence-corrected chi connectivity index (χ1v) is 14.9. The molecule has 4 nitrogen and oxygen atoms in total. The number of benzene rings is 3. The van der Waals surface area contributed by atoms with Crippen LogP contribution in [0.2, 0.25) is 10.0 Å². The first-order valence-electron chi connectivity index (χ1n) is 12.7. The minimum Gasteiger partial charge on any atom is -1.00 e. The first-order chi connectivity index (χ1) is 17.3. The Kier molecular flexibility index (Phi) is 11.9. The van der Waals surface area contributed by atoms with E-state index in [0.717, 1.165) is 47.1 Å². The van der Waals surface area contributed by atoms with Gasteiger partial charge in [0.2, 0.25) is 10.0 Å². The van der Waals surface area contributed by atoms with Crippen molar-refractivity contribution in [1.29, 1.82) is 0 Å². The molecule has 0 fully saturated rings. The van der Waals surface area contributed by atoms with E-state index in [1.54, 1.807) is 16.4 Å². The highest BCUT2D eigenvalue weighted by Gasteiger charge is 2.28. The van der Waals surface area contributed by atoms with Gasteiger partial charge in [-0.15, -0.1) is 0 Å². The summed E-state index contributed by atoms with van der Waals surface area (Å²) in [5.74, 6) is 0. The molecule has 0 aliphatic heterocycles. The van der Waals surface area contributed by atoms with Crippen LogP contribution in [0.15, 0.2) is 59.5 Å². The van der Waals surface area contributed by atoms with E-state index in [-0.39, 0.29) is 38.5 Å². The van der Waals surface area contributed by atoms with Crippen molar-refractivity contribution in [3.63, 3.8) is 0 Å². The summed E-state index contributed by atoms with van der Waals surface area (Å²) in [5, 5.41) is 0.306. The molecule has 0 radical (unpaired) electrons. The van der Waals surface area contributed by atoms with Gasteiger partial charge in [0.1, 0.15) is 11.4 Å². The Balaban J connectivity index is 0.00000507. The normalized spacial score (nSPS) is 12.0. The van der Waals surface area contributed by atoms with Crippen LogP contribution < -0.4 is 17.0 Å². The van der Waals surface area contributed by atoms with E-state index in [1.807, 2.05) is 26.0 Å². The van der Waals surface area contributed by atoms with Gasteiger partial charge in [0, 0.05) is 18.7 Å². The maximum Gasteiger partial charge on any atom is 0.244 e. The van der Waals surface area contributed by atoms with Gasteiger partial charge in [-0.05, 0) is 58.2 Å². The predicted molar refractivity (Wildman–Crippen MR) is 156 cm³/mol. The zero-order chi connectivity index (χ0) is 27.4. The van der Waals surface area contributed by atoms with Crippen LogP contribution in [0.3, 0.4) is 0 Å². The van der Waals surface area contributed by atoms with Crippen LogP contribution in [0, 0.1) is 27.7 Å². The molecule has 8 heteroatoms. The highest BCUT2D eigenvalue weighted by atomic mass is 79.9. The minimum absolute atomic E-state index is 0. The van der Waals surface area contributed by atoms with Crippen LogP contribution in [-0.4, -0.2) is 44.4 Å². The second kappa shape index (κ2) is 13.8. The van der Waals surface area contributed by atoms with Crippen molar-refractivity contribution < 1.29 is 29.9 Å². The van der Waals surface area contributed by atoms with Crippen molar-refractivity contribution in [2.24, 2.45) is 0 Å². The third kappa shape index (κ3) is 9.07. The molecule has 0 spiro atoms. The molecule has 0 heterocycles. The summed E-state index contributed by atoms with van der Waals surface area (Å²) in [6, 6.07) is 17.6. The molecule has 0 N–H and O–H groups in total. The molecule has 3 aromatic rings. The molecule has 0 aliphatic rings. The first kappa shape index (κ1) is 32.8. The quantitative estimate of drug-likeness (QED) is 0.229. The molecular weight excluding hydrogens is 603 g/mol. The summed E-state index contributed by atoms with van der Waals surface area (Å²) in [7, 11) is 0.619. The van der Waals surface area contributed by atoms with Gasteiger partial charge in [0.05, 0.1) is 30.7 Å². The molecule has 0 amide bonds. The summed E-state index contributed by atoms with van der Waals surface area (Å²) in [6.07, 6.45) is 1.65. The number of quaternary nitrogens is 1.